The molecule has 1 atom stereocenters. The summed E-state index contributed by atoms with van der Waals surface area (Å²) in [6.07, 6.45) is 4.68. The van der Waals surface area contributed by atoms with Crippen LogP contribution in [0.1, 0.15) is 49.9 Å². The van der Waals surface area contributed by atoms with E-state index in [0.717, 1.165) is 18.5 Å². The second kappa shape index (κ2) is 6.94. The van der Waals surface area contributed by atoms with Gasteiger partial charge < -0.3 is 11.1 Å². The predicted octanol–water partition coefficient (Wildman–Crippen LogP) is 3.17. The Balaban J connectivity index is 2.65. The minimum atomic E-state index is -0.379. The lowest BCUT2D eigenvalue weighted by molar-refractivity contribution is 0.100. The molecule has 17 heavy (non-hydrogen) atoms. The molecule has 0 fully saturated rings. The van der Waals surface area contributed by atoms with Crippen LogP contribution in [0.5, 0.6) is 0 Å². The van der Waals surface area contributed by atoms with Crippen molar-refractivity contribution in [2.45, 2.75) is 45.6 Å². The lowest BCUT2D eigenvalue weighted by atomic mass is 10.1. The Morgan fingerprint density at radius 1 is 1.41 bits per heavy atom. The lowest BCUT2D eigenvalue weighted by Gasteiger charge is -2.18. The van der Waals surface area contributed by atoms with Crippen LogP contribution < -0.4 is 11.1 Å². The number of hydrogen-bond donors (Lipinski definition) is 2. The number of carbonyl (C=O) groups excluding carboxylic acids is 1. The zero-order valence-electron chi connectivity index (χ0n) is 10.7. The van der Waals surface area contributed by atoms with Gasteiger partial charge in [0.05, 0.1) is 0 Å². The van der Waals surface area contributed by atoms with Gasteiger partial charge in [-0.2, -0.15) is 0 Å². The third-order valence-electron chi connectivity index (χ3n) is 2.92. The highest BCUT2D eigenvalue weighted by molar-refractivity contribution is 5.93. The summed E-state index contributed by atoms with van der Waals surface area (Å²) in [6, 6.07) is 7.85. The molecule has 3 nitrogen and oxygen atoms in total. The summed E-state index contributed by atoms with van der Waals surface area (Å²) in [6.45, 7) is 4.37. The third kappa shape index (κ3) is 4.47. The molecule has 1 aromatic rings. The van der Waals surface area contributed by atoms with Gasteiger partial charge in [0, 0.05) is 17.3 Å². The zero-order valence-corrected chi connectivity index (χ0v) is 10.7. The molecule has 0 bridgehead atoms. The molecule has 1 amide bonds. The third-order valence-corrected chi connectivity index (χ3v) is 2.92. The van der Waals surface area contributed by atoms with Crippen LogP contribution in [-0.4, -0.2) is 11.9 Å². The number of amides is 1. The summed E-state index contributed by atoms with van der Waals surface area (Å²) < 4.78 is 0. The molecule has 0 aliphatic rings. The van der Waals surface area contributed by atoms with Crippen LogP contribution in [0, 0.1) is 0 Å². The van der Waals surface area contributed by atoms with E-state index in [9.17, 15) is 4.79 Å². The number of anilines is 1. The molecule has 0 aromatic heterocycles. The van der Waals surface area contributed by atoms with Gasteiger partial charge in [-0.3, -0.25) is 4.79 Å². The molecule has 0 radical (unpaired) electrons. The monoisotopic (exact) mass is 234 g/mol. The van der Waals surface area contributed by atoms with Crippen LogP contribution in [0.2, 0.25) is 0 Å². The van der Waals surface area contributed by atoms with Crippen LogP contribution in [0.4, 0.5) is 5.69 Å². The number of nitrogens with one attached hydrogen (secondary N) is 1. The minimum Gasteiger partial charge on any atom is -0.382 e. The first-order valence-corrected chi connectivity index (χ1v) is 6.33. The molecular formula is C14H22N2O. The molecular weight excluding hydrogens is 212 g/mol. The van der Waals surface area contributed by atoms with Gasteiger partial charge in [0.1, 0.15) is 0 Å². The second-order valence-electron chi connectivity index (χ2n) is 4.34. The maximum Gasteiger partial charge on any atom is 0.248 e. The number of unbranched alkanes of at least 4 members (excludes halogenated alkanes) is 1. The Labute approximate surface area is 103 Å². The quantitative estimate of drug-likeness (QED) is 0.761. The first kappa shape index (κ1) is 13.6. The standard InChI is InChI=1S/C14H22N2O/c1-3-5-8-12(4-2)16-13-9-6-7-11(10-13)14(15)17/h6-7,9-10,12,16H,3-5,8H2,1-2H3,(H2,15,17). The van der Waals surface area contributed by atoms with Crippen molar-refractivity contribution < 1.29 is 4.79 Å². The largest absolute Gasteiger partial charge is 0.382 e. The molecule has 0 spiro atoms. The van der Waals surface area contributed by atoms with Crippen molar-refractivity contribution in [1.82, 2.24) is 0 Å². The predicted molar refractivity (Wildman–Crippen MR) is 72.2 cm³/mol. The maximum absolute atomic E-state index is 11.1. The van der Waals surface area contributed by atoms with Crippen molar-refractivity contribution in [2.75, 3.05) is 5.32 Å². The summed E-state index contributed by atoms with van der Waals surface area (Å²) in [5.74, 6) is -0.379. The smallest absolute Gasteiger partial charge is 0.248 e. The van der Waals surface area contributed by atoms with E-state index in [1.54, 1.807) is 6.07 Å². The van der Waals surface area contributed by atoms with Gasteiger partial charge in [-0.1, -0.05) is 32.8 Å². The van der Waals surface area contributed by atoms with Crippen molar-refractivity contribution in [3.05, 3.63) is 29.8 Å². The average molecular weight is 234 g/mol. The fourth-order valence-electron chi connectivity index (χ4n) is 1.83. The van der Waals surface area contributed by atoms with E-state index < -0.39 is 0 Å². The SMILES string of the molecule is CCCCC(CC)Nc1cccc(C(N)=O)c1. The van der Waals surface area contributed by atoms with E-state index in [1.165, 1.54) is 12.8 Å². The molecule has 1 aromatic carbocycles. The highest BCUT2D eigenvalue weighted by Gasteiger charge is 2.06. The Morgan fingerprint density at radius 3 is 2.76 bits per heavy atom. The van der Waals surface area contributed by atoms with Gasteiger partial charge >= 0.3 is 0 Å². The van der Waals surface area contributed by atoms with Gasteiger partial charge in [0.25, 0.3) is 0 Å². The molecule has 0 aliphatic heterocycles. The van der Waals surface area contributed by atoms with Crippen molar-refractivity contribution in [1.29, 1.82) is 0 Å². The van der Waals surface area contributed by atoms with Crippen molar-refractivity contribution in [2.24, 2.45) is 5.73 Å². The van der Waals surface area contributed by atoms with Crippen LogP contribution >= 0.6 is 0 Å². The second-order valence-corrected chi connectivity index (χ2v) is 4.34. The summed E-state index contributed by atoms with van der Waals surface area (Å²) in [5.41, 5.74) is 6.79. The molecule has 0 saturated carbocycles. The van der Waals surface area contributed by atoms with E-state index in [1.807, 2.05) is 18.2 Å². The van der Waals surface area contributed by atoms with Crippen molar-refractivity contribution >= 4 is 11.6 Å². The fraction of sp³-hybridized carbons (Fsp3) is 0.500. The topological polar surface area (TPSA) is 55.1 Å². The Hall–Kier alpha value is -1.51. The Bertz CT molecular complexity index is 363. The number of nitrogens with two attached hydrogens (primary N) is 1. The summed E-state index contributed by atoms with van der Waals surface area (Å²) in [5, 5.41) is 3.45. The maximum atomic E-state index is 11.1. The number of benzene rings is 1. The molecule has 3 heteroatoms. The van der Waals surface area contributed by atoms with Crippen LogP contribution in [-0.2, 0) is 0 Å². The van der Waals surface area contributed by atoms with Crippen molar-refractivity contribution in [3.63, 3.8) is 0 Å². The highest BCUT2D eigenvalue weighted by atomic mass is 16.1. The van der Waals surface area contributed by atoms with E-state index in [-0.39, 0.29) is 5.91 Å². The highest BCUT2D eigenvalue weighted by Crippen LogP contribution is 2.15. The Kier molecular flexibility index (Phi) is 5.53. The van der Waals surface area contributed by atoms with E-state index in [0.29, 0.717) is 11.6 Å². The van der Waals surface area contributed by atoms with Gasteiger partial charge in [-0.25, -0.2) is 0 Å². The van der Waals surface area contributed by atoms with Gasteiger partial charge in [0.15, 0.2) is 0 Å². The van der Waals surface area contributed by atoms with E-state index in [2.05, 4.69) is 19.2 Å². The number of hydrogen-bond acceptors (Lipinski definition) is 2. The van der Waals surface area contributed by atoms with Crippen LogP contribution in [0.15, 0.2) is 24.3 Å². The molecule has 1 unspecified atom stereocenters. The van der Waals surface area contributed by atoms with E-state index >= 15 is 0 Å². The normalized spacial score (nSPS) is 12.1. The van der Waals surface area contributed by atoms with Gasteiger partial charge in [-0.15, -0.1) is 0 Å². The zero-order chi connectivity index (χ0) is 12.7. The summed E-state index contributed by atoms with van der Waals surface area (Å²) in [7, 11) is 0. The minimum absolute atomic E-state index is 0.379. The number of primary amides is 1. The lowest BCUT2D eigenvalue weighted by Crippen LogP contribution is -2.19. The molecule has 1 rings (SSSR count). The van der Waals surface area contributed by atoms with Crippen molar-refractivity contribution in [3.8, 4) is 0 Å². The first-order chi connectivity index (χ1) is 8.17. The molecule has 0 aliphatic carbocycles. The van der Waals surface area contributed by atoms with Gasteiger partial charge in [-0.05, 0) is 31.0 Å². The van der Waals surface area contributed by atoms with E-state index in [4.69, 9.17) is 5.73 Å². The first-order valence-electron chi connectivity index (χ1n) is 6.33. The van der Waals surface area contributed by atoms with Gasteiger partial charge in [0.2, 0.25) is 5.91 Å². The fourth-order valence-corrected chi connectivity index (χ4v) is 1.83. The van der Waals surface area contributed by atoms with Crippen LogP contribution in [0.3, 0.4) is 0 Å². The number of rotatable bonds is 7. The molecule has 94 valence electrons. The molecule has 0 saturated heterocycles. The summed E-state index contributed by atoms with van der Waals surface area (Å²) in [4.78, 5) is 11.1. The average Bonchev–Trinajstić information content (AvgIpc) is 2.34. The number of carbonyl (C=O) groups is 1. The summed E-state index contributed by atoms with van der Waals surface area (Å²) >= 11 is 0. The molecule has 3 N–H and O–H groups in total. The molecule has 0 heterocycles. The Morgan fingerprint density at radius 2 is 2.18 bits per heavy atom. The van der Waals surface area contributed by atoms with Crippen LogP contribution in [0.25, 0.3) is 0 Å².